The van der Waals surface area contributed by atoms with Crippen molar-refractivity contribution in [3.8, 4) is 0 Å². The van der Waals surface area contributed by atoms with Crippen molar-refractivity contribution in [2.75, 3.05) is 0 Å². The van der Waals surface area contributed by atoms with Crippen molar-refractivity contribution in [2.45, 2.75) is 32.7 Å². The topological polar surface area (TPSA) is 34.9 Å². The summed E-state index contributed by atoms with van der Waals surface area (Å²) >= 11 is 3.21. The molecule has 0 aromatic carbocycles. The highest BCUT2D eigenvalue weighted by molar-refractivity contribution is 9.10. The maximum absolute atomic E-state index is 11.7. The molecule has 0 atom stereocenters. The zero-order chi connectivity index (χ0) is 10.1. The van der Waals surface area contributed by atoms with Crippen molar-refractivity contribution in [1.82, 2.24) is 9.55 Å². The minimum Gasteiger partial charge on any atom is -0.296 e. The van der Waals surface area contributed by atoms with Crippen LogP contribution in [0.2, 0.25) is 0 Å². The molecule has 14 heavy (non-hydrogen) atoms. The molecule has 0 saturated heterocycles. The van der Waals surface area contributed by atoms with E-state index in [4.69, 9.17) is 0 Å². The first-order valence-corrected chi connectivity index (χ1v) is 5.69. The Morgan fingerprint density at radius 1 is 1.64 bits per heavy atom. The maximum Gasteiger partial charge on any atom is 0.267 e. The monoisotopic (exact) mass is 256 g/mol. The molecule has 4 heteroatoms. The van der Waals surface area contributed by atoms with Gasteiger partial charge in [0.05, 0.1) is 0 Å². The van der Waals surface area contributed by atoms with E-state index in [1.807, 2.05) is 6.92 Å². The van der Waals surface area contributed by atoms with Gasteiger partial charge in [-0.1, -0.05) is 12.8 Å². The van der Waals surface area contributed by atoms with E-state index in [2.05, 4.69) is 20.9 Å². The molecule has 1 aromatic rings. The predicted octanol–water partition coefficient (Wildman–Crippen LogP) is 2.11. The van der Waals surface area contributed by atoms with E-state index in [1.54, 1.807) is 10.8 Å². The molecule has 0 amide bonds. The van der Waals surface area contributed by atoms with Gasteiger partial charge in [-0.3, -0.25) is 9.36 Å². The highest BCUT2D eigenvalue weighted by atomic mass is 79.9. The van der Waals surface area contributed by atoms with Crippen molar-refractivity contribution in [2.24, 2.45) is 5.92 Å². The third-order valence-corrected chi connectivity index (χ3v) is 3.21. The van der Waals surface area contributed by atoms with Gasteiger partial charge in [0.1, 0.15) is 10.3 Å². The van der Waals surface area contributed by atoms with Crippen LogP contribution in [0.25, 0.3) is 0 Å². The summed E-state index contributed by atoms with van der Waals surface area (Å²) in [4.78, 5) is 15.9. The van der Waals surface area contributed by atoms with Crippen LogP contribution in [0.1, 0.15) is 25.1 Å². The molecule has 3 nitrogen and oxygen atoms in total. The first-order valence-electron chi connectivity index (χ1n) is 4.90. The fourth-order valence-corrected chi connectivity index (χ4v) is 1.85. The number of aromatic nitrogens is 2. The lowest BCUT2D eigenvalue weighted by Gasteiger charge is -2.08. The highest BCUT2D eigenvalue weighted by Crippen LogP contribution is 2.32. The van der Waals surface area contributed by atoms with Gasteiger partial charge in [-0.15, -0.1) is 0 Å². The summed E-state index contributed by atoms with van der Waals surface area (Å²) in [7, 11) is 0. The molecule has 0 aliphatic heterocycles. The number of halogens is 1. The molecule has 1 fully saturated rings. The lowest BCUT2D eigenvalue weighted by atomic mass is 10.3. The lowest BCUT2D eigenvalue weighted by Crippen LogP contribution is -2.24. The highest BCUT2D eigenvalue weighted by Gasteiger charge is 2.21. The van der Waals surface area contributed by atoms with Crippen LogP contribution < -0.4 is 5.56 Å². The molecule has 0 bridgehead atoms. The Labute approximate surface area is 91.3 Å². The maximum atomic E-state index is 11.7. The third kappa shape index (κ3) is 2.05. The number of aryl methyl sites for hydroxylation is 1. The summed E-state index contributed by atoms with van der Waals surface area (Å²) in [6.07, 6.45) is 5.34. The normalized spacial score (nSPS) is 15.9. The molecule has 0 unspecified atom stereocenters. The lowest BCUT2D eigenvalue weighted by molar-refractivity contribution is 0.557. The van der Waals surface area contributed by atoms with Gasteiger partial charge < -0.3 is 0 Å². The second-order valence-corrected chi connectivity index (χ2v) is 4.70. The summed E-state index contributed by atoms with van der Waals surface area (Å²) in [5, 5.41) is 0. The Kier molecular flexibility index (Phi) is 2.72. The molecule has 0 spiro atoms. The van der Waals surface area contributed by atoms with Gasteiger partial charge in [-0.2, -0.15) is 0 Å². The quantitative estimate of drug-likeness (QED) is 0.831. The Hall–Kier alpha value is -0.640. The van der Waals surface area contributed by atoms with Crippen LogP contribution in [0.15, 0.2) is 15.5 Å². The zero-order valence-electron chi connectivity index (χ0n) is 8.16. The van der Waals surface area contributed by atoms with Crippen LogP contribution in [0.5, 0.6) is 0 Å². The Morgan fingerprint density at radius 2 is 2.36 bits per heavy atom. The first kappa shape index (κ1) is 9.90. The molecule has 0 N–H and O–H groups in total. The second-order valence-electron chi connectivity index (χ2n) is 3.84. The fraction of sp³-hybridized carbons (Fsp3) is 0.600. The van der Waals surface area contributed by atoms with E-state index >= 15 is 0 Å². The predicted molar refractivity (Wildman–Crippen MR) is 58.3 cm³/mol. The van der Waals surface area contributed by atoms with E-state index in [0.717, 1.165) is 24.7 Å². The molecular formula is C10H13BrN2O. The van der Waals surface area contributed by atoms with Gasteiger partial charge in [0.25, 0.3) is 5.56 Å². The van der Waals surface area contributed by atoms with Crippen LogP contribution >= 0.6 is 15.9 Å². The van der Waals surface area contributed by atoms with Crippen LogP contribution in [0, 0.1) is 12.8 Å². The minimum absolute atomic E-state index is 0.0400. The van der Waals surface area contributed by atoms with Gasteiger partial charge in [0.15, 0.2) is 0 Å². The molecule has 1 aromatic heterocycles. The molecule has 0 radical (unpaired) electrons. The van der Waals surface area contributed by atoms with Crippen LogP contribution in [0.3, 0.4) is 0 Å². The molecule has 1 saturated carbocycles. The SMILES string of the molecule is Cc1ncc(Br)c(=O)n1CCC1CC1. The van der Waals surface area contributed by atoms with Gasteiger partial charge in [0, 0.05) is 12.7 Å². The minimum atomic E-state index is 0.0400. The molecule has 1 aliphatic rings. The number of nitrogens with zero attached hydrogens (tertiary/aromatic N) is 2. The van der Waals surface area contributed by atoms with Crippen molar-refractivity contribution < 1.29 is 0 Å². The fourth-order valence-electron chi connectivity index (χ4n) is 1.53. The van der Waals surface area contributed by atoms with Gasteiger partial charge in [-0.05, 0) is 35.2 Å². The summed E-state index contributed by atoms with van der Waals surface area (Å²) < 4.78 is 2.31. The smallest absolute Gasteiger partial charge is 0.267 e. The largest absolute Gasteiger partial charge is 0.296 e. The van der Waals surface area contributed by atoms with Crippen LogP contribution in [-0.2, 0) is 6.54 Å². The summed E-state index contributed by atoms with van der Waals surface area (Å²) in [6, 6.07) is 0. The Balaban J connectivity index is 2.20. The van der Waals surface area contributed by atoms with E-state index in [0.29, 0.717) is 4.47 Å². The van der Waals surface area contributed by atoms with Gasteiger partial charge in [-0.25, -0.2) is 4.98 Å². The van der Waals surface area contributed by atoms with E-state index in [-0.39, 0.29) is 5.56 Å². The summed E-state index contributed by atoms with van der Waals surface area (Å²) in [6.45, 7) is 2.68. The number of hydrogen-bond donors (Lipinski definition) is 0. The first-order chi connectivity index (χ1) is 6.68. The van der Waals surface area contributed by atoms with Gasteiger partial charge in [0.2, 0.25) is 0 Å². The number of rotatable bonds is 3. The van der Waals surface area contributed by atoms with E-state index in [1.165, 1.54) is 12.8 Å². The Bertz CT molecular complexity index is 396. The van der Waals surface area contributed by atoms with Crippen molar-refractivity contribution >= 4 is 15.9 Å². The van der Waals surface area contributed by atoms with Gasteiger partial charge >= 0.3 is 0 Å². The molecule has 1 heterocycles. The summed E-state index contributed by atoms with van der Waals surface area (Å²) in [5.74, 6) is 1.65. The standard InChI is InChI=1S/C10H13BrN2O/c1-7-12-6-9(11)10(14)13(7)5-4-8-2-3-8/h6,8H,2-5H2,1H3. The summed E-state index contributed by atoms with van der Waals surface area (Å²) in [5.41, 5.74) is 0.0400. The van der Waals surface area contributed by atoms with Crippen molar-refractivity contribution in [3.63, 3.8) is 0 Å². The van der Waals surface area contributed by atoms with E-state index < -0.39 is 0 Å². The number of hydrogen-bond acceptors (Lipinski definition) is 2. The van der Waals surface area contributed by atoms with E-state index in [9.17, 15) is 4.79 Å². The Morgan fingerprint density at radius 3 is 3.00 bits per heavy atom. The van der Waals surface area contributed by atoms with Crippen LogP contribution in [-0.4, -0.2) is 9.55 Å². The van der Waals surface area contributed by atoms with Crippen molar-refractivity contribution in [1.29, 1.82) is 0 Å². The average molecular weight is 257 g/mol. The molecule has 1 aliphatic carbocycles. The second kappa shape index (κ2) is 3.85. The average Bonchev–Trinajstić information content (AvgIpc) is 2.95. The van der Waals surface area contributed by atoms with Crippen LogP contribution in [0.4, 0.5) is 0 Å². The zero-order valence-corrected chi connectivity index (χ0v) is 9.75. The third-order valence-electron chi connectivity index (χ3n) is 2.66. The van der Waals surface area contributed by atoms with Crippen molar-refractivity contribution in [3.05, 3.63) is 26.8 Å². The molecule has 76 valence electrons. The molecule has 2 rings (SSSR count). The molecular weight excluding hydrogens is 244 g/mol.